The zero-order chi connectivity index (χ0) is 19.8. The van der Waals surface area contributed by atoms with Crippen LogP contribution in [-0.4, -0.2) is 33.6 Å². The first-order chi connectivity index (χ1) is 12.7. The van der Waals surface area contributed by atoms with Crippen LogP contribution in [0.5, 0.6) is 0 Å². The van der Waals surface area contributed by atoms with Gasteiger partial charge in [-0.1, -0.05) is 18.2 Å². The number of hydrogen-bond donors (Lipinski definition) is 2. The van der Waals surface area contributed by atoms with E-state index in [-0.39, 0.29) is 17.9 Å². The van der Waals surface area contributed by atoms with Crippen molar-refractivity contribution in [3.63, 3.8) is 0 Å². The number of benzene rings is 1. The van der Waals surface area contributed by atoms with E-state index >= 15 is 0 Å². The molecule has 1 aromatic carbocycles. The summed E-state index contributed by atoms with van der Waals surface area (Å²) in [4.78, 5) is 9.46. The summed E-state index contributed by atoms with van der Waals surface area (Å²) in [6.45, 7) is -0.964. The summed E-state index contributed by atoms with van der Waals surface area (Å²) in [5, 5.41) is 11.6. The molecule has 2 aromatic rings. The van der Waals surface area contributed by atoms with Crippen LogP contribution >= 0.6 is 0 Å². The minimum Gasteiger partial charge on any atom is -0.390 e. The van der Waals surface area contributed by atoms with E-state index < -0.39 is 36.2 Å². The third kappa shape index (κ3) is 3.86. The molecule has 0 unspecified atom stereocenters. The molecule has 27 heavy (non-hydrogen) atoms. The lowest BCUT2D eigenvalue weighted by Crippen LogP contribution is -2.24. The molecule has 0 atom stereocenters. The first-order valence-corrected chi connectivity index (χ1v) is 8.09. The predicted octanol–water partition coefficient (Wildman–Crippen LogP) is 3.19. The minimum atomic E-state index is -3.63. The average molecular weight is 388 g/mol. The number of aliphatic hydroxyl groups is 1. The fraction of sp³-hybridized carbons (Fsp3) is 0.412. The number of alkyl halides is 4. The first kappa shape index (κ1) is 19.4. The molecule has 146 valence electrons. The Balaban J connectivity index is 1.92. The quantitative estimate of drug-likeness (QED) is 0.745. The molecule has 0 saturated carbocycles. The Bertz CT molecular complexity index is 846. The lowest BCUT2D eigenvalue weighted by atomic mass is 10.1. The van der Waals surface area contributed by atoms with Gasteiger partial charge in [0, 0.05) is 30.8 Å². The second kappa shape index (κ2) is 7.35. The summed E-state index contributed by atoms with van der Waals surface area (Å²) in [6, 6.07) is 3.61. The smallest absolute Gasteiger partial charge is 0.329 e. The number of nitrogens with zero attached hydrogens (tertiary/aromatic N) is 3. The lowest BCUT2D eigenvalue weighted by Gasteiger charge is -2.16. The summed E-state index contributed by atoms with van der Waals surface area (Å²) in [5.74, 6) is -5.46. The van der Waals surface area contributed by atoms with Gasteiger partial charge in [0.05, 0.1) is 11.3 Å². The van der Waals surface area contributed by atoms with Crippen molar-refractivity contribution in [2.24, 2.45) is 0 Å². The highest BCUT2D eigenvalue weighted by Gasteiger charge is 2.37. The molecule has 0 fully saturated rings. The van der Waals surface area contributed by atoms with Crippen molar-refractivity contribution in [1.82, 2.24) is 14.9 Å². The summed E-state index contributed by atoms with van der Waals surface area (Å²) >= 11 is 0. The van der Waals surface area contributed by atoms with Gasteiger partial charge in [-0.15, -0.1) is 0 Å². The molecule has 0 aliphatic carbocycles. The molecular formula is C17H17F5N4O. The SMILES string of the molecule is CN1Cc2nc(C(F)(F)CO)nc(NCc3cccc(C(F)F)c3F)c2C1. The Labute approximate surface area is 151 Å². The topological polar surface area (TPSA) is 61.3 Å². The summed E-state index contributed by atoms with van der Waals surface area (Å²) in [7, 11) is 1.76. The number of anilines is 1. The molecule has 0 saturated heterocycles. The van der Waals surface area contributed by atoms with Gasteiger partial charge in [-0.05, 0) is 7.05 Å². The van der Waals surface area contributed by atoms with Gasteiger partial charge in [-0.25, -0.2) is 23.1 Å². The molecule has 0 radical (unpaired) electrons. The average Bonchev–Trinajstić information content (AvgIpc) is 3.00. The van der Waals surface area contributed by atoms with Crippen molar-refractivity contribution in [3.8, 4) is 0 Å². The van der Waals surface area contributed by atoms with Crippen molar-refractivity contribution in [1.29, 1.82) is 0 Å². The highest BCUT2D eigenvalue weighted by atomic mass is 19.3. The maximum absolute atomic E-state index is 14.2. The summed E-state index contributed by atoms with van der Waals surface area (Å²) < 4.78 is 67.5. The molecule has 1 aromatic heterocycles. The van der Waals surface area contributed by atoms with Crippen LogP contribution in [0.4, 0.5) is 27.8 Å². The van der Waals surface area contributed by atoms with Gasteiger partial charge in [0.25, 0.3) is 6.43 Å². The Kier molecular flexibility index (Phi) is 5.29. The number of aromatic nitrogens is 2. The number of rotatable bonds is 6. The Morgan fingerprint density at radius 1 is 1.26 bits per heavy atom. The monoisotopic (exact) mass is 388 g/mol. The van der Waals surface area contributed by atoms with E-state index in [0.717, 1.165) is 6.07 Å². The minimum absolute atomic E-state index is 0.0398. The molecule has 2 N–H and O–H groups in total. The van der Waals surface area contributed by atoms with Crippen molar-refractivity contribution >= 4 is 5.82 Å². The number of fused-ring (bicyclic) bond motifs is 1. The van der Waals surface area contributed by atoms with Gasteiger partial charge in [0.2, 0.25) is 5.82 Å². The van der Waals surface area contributed by atoms with Crippen LogP contribution in [0, 0.1) is 5.82 Å². The second-order valence-corrected chi connectivity index (χ2v) is 6.33. The molecule has 2 heterocycles. The van der Waals surface area contributed by atoms with Gasteiger partial charge in [0.15, 0.2) is 0 Å². The van der Waals surface area contributed by atoms with Crippen molar-refractivity contribution in [2.45, 2.75) is 32.0 Å². The lowest BCUT2D eigenvalue weighted by molar-refractivity contribution is -0.0631. The molecular weight excluding hydrogens is 371 g/mol. The van der Waals surface area contributed by atoms with Crippen molar-refractivity contribution in [3.05, 3.63) is 52.2 Å². The Morgan fingerprint density at radius 3 is 2.67 bits per heavy atom. The van der Waals surface area contributed by atoms with Crippen LogP contribution in [0.3, 0.4) is 0 Å². The van der Waals surface area contributed by atoms with Gasteiger partial charge < -0.3 is 10.4 Å². The van der Waals surface area contributed by atoms with E-state index in [4.69, 9.17) is 5.11 Å². The van der Waals surface area contributed by atoms with E-state index in [1.165, 1.54) is 12.1 Å². The van der Waals surface area contributed by atoms with E-state index in [0.29, 0.717) is 24.3 Å². The van der Waals surface area contributed by atoms with Crippen LogP contribution in [0.15, 0.2) is 18.2 Å². The van der Waals surface area contributed by atoms with Crippen LogP contribution < -0.4 is 5.32 Å². The molecule has 10 heteroatoms. The Morgan fingerprint density at radius 2 is 2.00 bits per heavy atom. The van der Waals surface area contributed by atoms with Crippen LogP contribution in [0.1, 0.15) is 34.6 Å². The number of aliphatic hydroxyl groups excluding tert-OH is 1. The summed E-state index contributed by atoms with van der Waals surface area (Å²) in [5.41, 5.74) is 0.178. The molecule has 0 spiro atoms. The third-order valence-corrected chi connectivity index (χ3v) is 4.26. The van der Waals surface area contributed by atoms with Gasteiger partial charge in [-0.3, -0.25) is 4.90 Å². The zero-order valence-corrected chi connectivity index (χ0v) is 14.3. The highest BCUT2D eigenvalue weighted by molar-refractivity contribution is 5.49. The molecule has 0 amide bonds. The van der Waals surface area contributed by atoms with E-state index in [2.05, 4.69) is 15.3 Å². The standard InChI is InChI=1S/C17H17F5N4O/c1-26-6-11-12(7-26)24-16(17(21,22)8-27)25-15(11)23-5-9-3-2-4-10(13(9)18)14(19)20/h2-4,14,27H,5-8H2,1H3,(H,23,24,25). The first-order valence-electron chi connectivity index (χ1n) is 8.09. The number of nitrogens with one attached hydrogen (secondary N) is 1. The fourth-order valence-corrected chi connectivity index (χ4v) is 2.87. The number of halogens is 5. The maximum atomic E-state index is 14.2. The highest BCUT2D eigenvalue weighted by Crippen LogP contribution is 2.32. The Hall–Kier alpha value is -2.33. The largest absolute Gasteiger partial charge is 0.390 e. The zero-order valence-electron chi connectivity index (χ0n) is 14.3. The van der Waals surface area contributed by atoms with Crippen molar-refractivity contribution < 1.29 is 27.1 Å². The fourth-order valence-electron chi connectivity index (χ4n) is 2.87. The second-order valence-electron chi connectivity index (χ2n) is 6.33. The molecule has 5 nitrogen and oxygen atoms in total. The van der Waals surface area contributed by atoms with Crippen molar-refractivity contribution in [2.75, 3.05) is 19.0 Å². The maximum Gasteiger partial charge on any atom is 0.329 e. The summed E-state index contributed by atoms with van der Waals surface area (Å²) in [6.07, 6.45) is -2.96. The normalized spacial score (nSPS) is 14.7. The van der Waals surface area contributed by atoms with E-state index in [1.807, 2.05) is 4.90 Å². The van der Waals surface area contributed by atoms with Crippen LogP contribution in [0.2, 0.25) is 0 Å². The molecule has 3 rings (SSSR count). The van der Waals surface area contributed by atoms with Crippen LogP contribution in [-0.2, 0) is 25.6 Å². The van der Waals surface area contributed by atoms with Gasteiger partial charge in [0.1, 0.15) is 18.2 Å². The predicted molar refractivity (Wildman–Crippen MR) is 86.9 cm³/mol. The number of hydrogen-bond acceptors (Lipinski definition) is 5. The van der Waals surface area contributed by atoms with Gasteiger partial charge in [-0.2, -0.15) is 8.78 Å². The molecule has 1 aliphatic heterocycles. The third-order valence-electron chi connectivity index (χ3n) is 4.26. The van der Waals surface area contributed by atoms with E-state index in [1.54, 1.807) is 7.05 Å². The molecule has 0 bridgehead atoms. The van der Waals surface area contributed by atoms with Crippen LogP contribution in [0.25, 0.3) is 0 Å². The van der Waals surface area contributed by atoms with E-state index in [9.17, 15) is 22.0 Å². The van der Waals surface area contributed by atoms with Gasteiger partial charge >= 0.3 is 5.92 Å². The molecule has 1 aliphatic rings.